The lowest BCUT2D eigenvalue weighted by Gasteiger charge is -2.53. The first-order valence-corrected chi connectivity index (χ1v) is 10.0. The fourth-order valence-electron chi connectivity index (χ4n) is 5.58. The third kappa shape index (κ3) is 2.48. The topological polar surface area (TPSA) is 182 Å². The zero-order valence-corrected chi connectivity index (χ0v) is 17.6. The number of nitrogens with zero attached hydrogens (tertiary/aromatic N) is 1. The van der Waals surface area contributed by atoms with E-state index in [0.29, 0.717) is 5.56 Å². The maximum absolute atomic E-state index is 13.7. The number of likely N-dealkylation sites (N-methyl/N-ethyl adjacent to an activating group) is 1. The van der Waals surface area contributed by atoms with Gasteiger partial charge in [-0.1, -0.05) is 19.1 Å². The summed E-state index contributed by atoms with van der Waals surface area (Å²) in [5, 5.41) is 54.9. The van der Waals surface area contributed by atoms with Gasteiger partial charge in [-0.3, -0.25) is 19.3 Å². The van der Waals surface area contributed by atoms with E-state index in [9.17, 15) is 39.9 Å². The number of ketones is 2. The van der Waals surface area contributed by atoms with Crippen molar-refractivity contribution in [2.45, 2.75) is 30.6 Å². The first-order chi connectivity index (χ1) is 14.9. The lowest BCUT2D eigenvalue weighted by atomic mass is 9.54. The Labute approximate surface area is 182 Å². The minimum atomic E-state index is -2.89. The molecule has 1 fully saturated rings. The highest BCUT2D eigenvalue weighted by atomic mass is 16.4. The number of nitrogens with two attached hydrogens (primary N) is 1. The number of rotatable bonds is 2. The summed E-state index contributed by atoms with van der Waals surface area (Å²) in [5.41, 5.74) is 1.47. The van der Waals surface area contributed by atoms with E-state index in [0.717, 1.165) is 0 Å². The van der Waals surface area contributed by atoms with E-state index in [4.69, 9.17) is 5.73 Å². The summed E-state index contributed by atoms with van der Waals surface area (Å²) in [6.45, 7) is 1.68. The molecule has 1 aromatic rings. The van der Waals surface area contributed by atoms with Gasteiger partial charge in [0.2, 0.25) is 5.78 Å². The van der Waals surface area contributed by atoms with Crippen LogP contribution in [0.15, 0.2) is 35.1 Å². The Morgan fingerprint density at radius 2 is 1.78 bits per heavy atom. The number of carbonyl (C=O) groups excluding carboxylic acids is 3. The summed E-state index contributed by atoms with van der Waals surface area (Å²) < 4.78 is 0. The van der Waals surface area contributed by atoms with Crippen LogP contribution < -0.4 is 5.73 Å². The number of benzene rings is 1. The van der Waals surface area contributed by atoms with Crippen LogP contribution in [-0.2, 0) is 14.4 Å². The Balaban J connectivity index is 2.07. The summed E-state index contributed by atoms with van der Waals surface area (Å²) in [4.78, 5) is 40.0. The number of phenolic OH excluding ortho intramolecular Hbond substituents is 1. The molecule has 0 radical (unpaired) electrons. The van der Waals surface area contributed by atoms with Crippen LogP contribution in [0.25, 0.3) is 5.76 Å². The van der Waals surface area contributed by atoms with Crippen LogP contribution in [0.1, 0.15) is 24.0 Å². The SMILES string of the molecule is C[C@H]1c2cccc(O)c2C(O)=C2C(=O)[C@@]3(O)C(O)=C(C(N)=O)C(=O)[C@@H](N(C)C)[C@@H]3[C@H](O)[C@H]21. The number of carbonyl (C=O) groups is 3. The molecule has 10 heteroatoms. The molecule has 0 heterocycles. The molecule has 170 valence electrons. The van der Waals surface area contributed by atoms with E-state index in [2.05, 4.69) is 0 Å². The lowest BCUT2D eigenvalue weighted by Crippen LogP contribution is -2.70. The van der Waals surface area contributed by atoms with Crippen molar-refractivity contribution in [1.29, 1.82) is 0 Å². The first kappa shape index (κ1) is 22.0. The number of amides is 1. The van der Waals surface area contributed by atoms with Gasteiger partial charge in [0.1, 0.15) is 22.8 Å². The normalized spacial score (nSPS) is 34.4. The van der Waals surface area contributed by atoms with Crippen molar-refractivity contribution in [3.05, 3.63) is 46.2 Å². The van der Waals surface area contributed by atoms with Gasteiger partial charge in [0, 0.05) is 11.5 Å². The molecule has 1 amide bonds. The minimum Gasteiger partial charge on any atom is -0.508 e. The molecule has 0 bridgehead atoms. The van der Waals surface area contributed by atoms with E-state index in [1.807, 2.05) is 0 Å². The highest BCUT2D eigenvalue weighted by Crippen LogP contribution is 2.55. The Kier molecular flexibility index (Phi) is 4.74. The third-order valence-corrected chi connectivity index (χ3v) is 6.99. The maximum atomic E-state index is 13.7. The van der Waals surface area contributed by atoms with Crippen molar-refractivity contribution < 1.29 is 39.9 Å². The van der Waals surface area contributed by atoms with Crippen LogP contribution in [0.5, 0.6) is 5.75 Å². The molecule has 6 atom stereocenters. The van der Waals surface area contributed by atoms with E-state index in [1.165, 1.54) is 25.1 Å². The predicted molar refractivity (Wildman–Crippen MR) is 110 cm³/mol. The van der Waals surface area contributed by atoms with Gasteiger partial charge in [-0.25, -0.2) is 0 Å². The van der Waals surface area contributed by atoms with Gasteiger partial charge in [0.15, 0.2) is 11.4 Å². The fourth-order valence-corrected chi connectivity index (χ4v) is 5.58. The zero-order valence-electron chi connectivity index (χ0n) is 17.6. The average molecular weight is 444 g/mol. The van der Waals surface area contributed by atoms with Crippen molar-refractivity contribution in [1.82, 2.24) is 4.90 Å². The number of fused-ring (bicyclic) bond motifs is 3. The Morgan fingerprint density at radius 3 is 2.34 bits per heavy atom. The minimum absolute atomic E-state index is 0.0245. The molecular formula is C22H24N2O8. The van der Waals surface area contributed by atoms with Crippen molar-refractivity contribution in [2.24, 2.45) is 17.6 Å². The van der Waals surface area contributed by atoms with Crippen LogP contribution in [0, 0.1) is 11.8 Å². The Morgan fingerprint density at radius 1 is 1.16 bits per heavy atom. The molecule has 0 saturated heterocycles. The van der Waals surface area contributed by atoms with Crippen LogP contribution in [-0.4, -0.2) is 79.7 Å². The summed E-state index contributed by atoms with van der Waals surface area (Å²) in [5.74, 6) is -8.87. The summed E-state index contributed by atoms with van der Waals surface area (Å²) in [7, 11) is 2.92. The van der Waals surface area contributed by atoms with Gasteiger partial charge in [0.05, 0.1) is 23.6 Å². The molecule has 1 saturated carbocycles. The van der Waals surface area contributed by atoms with Crippen molar-refractivity contribution >= 4 is 23.2 Å². The zero-order chi connectivity index (χ0) is 23.9. The molecule has 4 rings (SSSR count). The second kappa shape index (κ2) is 6.89. The second-order valence-electron chi connectivity index (χ2n) is 8.79. The van der Waals surface area contributed by atoms with Crippen LogP contribution in [0.4, 0.5) is 0 Å². The molecular weight excluding hydrogens is 420 g/mol. The molecule has 0 spiro atoms. The van der Waals surface area contributed by atoms with Gasteiger partial charge >= 0.3 is 0 Å². The molecule has 0 aromatic heterocycles. The standard InChI is InChI=1S/C22H24N2O8/c1-7-8-5-4-6-9(25)11(8)16(26)12-10(7)17(27)14-15(24(2)3)18(28)13(21(23)31)20(30)22(14,32)19(12)29/h4-7,10,14-15,17,25-27,30,32H,1-3H3,(H2,23,31)/t7-,10-,14+,15-,17+,22+/m0/s1. The molecule has 0 unspecified atom stereocenters. The summed E-state index contributed by atoms with van der Waals surface area (Å²) >= 11 is 0. The number of hydrogen-bond donors (Lipinski definition) is 6. The van der Waals surface area contributed by atoms with Crippen molar-refractivity contribution in [3.8, 4) is 5.75 Å². The number of Topliss-reactive ketones (excluding diaryl/α,β-unsaturated/α-hetero) is 2. The maximum Gasteiger partial charge on any atom is 0.255 e. The van der Waals surface area contributed by atoms with Gasteiger partial charge in [-0.05, 0) is 31.6 Å². The number of aliphatic hydroxyl groups is 4. The van der Waals surface area contributed by atoms with Crippen LogP contribution in [0.2, 0.25) is 0 Å². The number of primary amides is 1. The van der Waals surface area contributed by atoms with E-state index < -0.39 is 75.6 Å². The van der Waals surface area contributed by atoms with Crippen LogP contribution in [0.3, 0.4) is 0 Å². The smallest absolute Gasteiger partial charge is 0.255 e. The van der Waals surface area contributed by atoms with Crippen LogP contribution >= 0.6 is 0 Å². The third-order valence-electron chi connectivity index (χ3n) is 6.99. The van der Waals surface area contributed by atoms with Gasteiger partial charge in [-0.15, -0.1) is 0 Å². The van der Waals surface area contributed by atoms with Gasteiger partial charge < -0.3 is 31.3 Å². The van der Waals surface area contributed by atoms with Gasteiger partial charge in [-0.2, -0.15) is 0 Å². The first-order valence-electron chi connectivity index (χ1n) is 10.0. The summed E-state index contributed by atoms with van der Waals surface area (Å²) in [6.07, 6.45) is -1.59. The fraction of sp³-hybridized carbons (Fsp3) is 0.409. The van der Waals surface area contributed by atoms with E-state index in [1.54, 1.807) is 19.1 Å². The average Bonchev–Trinajstić information content (AvgIpc) is 2.70. The Bertz CT molecular complexity index is 1140. The number of hydrogen-bond acceptors (Lipinski definition) is 9. The molecule has 3 aliphatic rings. The highest BCUT2D eigenvalue weighted by Gasteiger charge is 2.68. The van der Waals surface area contributed by atoms with Crippen molar-refractivity contribution in [3.63, 3.8) is 0 Å². The monoisotopic (exact) mass is 444 g/mol. The second-order valence-corrected chi connectivity index (χ2v) is 8.79. The number of aromatic hydroxyl groups is 1. The molecule has 32 heavy (non-hydrogen) atoms. The van der Waals surface area contributed by atoms with Gasteiger partial charge in [0.25, 0.3) is 5.91 Å². The largest absolute Gasteiger partial charge is 0.508 e. The predicted octanol–water partition coefficient (Wildman–Crippen LogP) is -0.504. The van der Waals surface area contributed by atoms with E-state index in [-0.39, 0.29) is 11.3 Å². The number of aliphatic hydroxyl groups excluding tert-OH is 3. The van der Waals surface area contributed by atoms with E-state index >= 15 is 0 Å². The van der Waals surface area contributed by atoms with Crippen molar-refractivity contribution in [2.75, 3.05) is 14.1 Å². The molecule has 3 aliphatic carbocycles. The number of phenols is 1. The summed E-state index contributed by atoms with van der Waals surface area (Å²) in [6, 6.07) is 3.13. The lowest BCUT2D eigenvalue weighted by molar-refractivity contribution is -0.169. The highest BCUT2D eigenvalue weighted by molar-refractivity contribution is 6.24. The molecule has 10 nitrogen and oxygen atoms in total. The quantitative estimate of drug-likeness (QED) is 0.327. The molecule has 0 aliphatic heterocycles. The molecule has 7 N–H and O–H groups in total. The Hall–Kier alpha value is -3.21. The molecule has 1 aromatic carbocycles.